The summed E-state index contributed by atoms with van der Waals surface area (Å²) in [5, 5.41) is 49.3. The Kier molecular flexibility index (Phi) is 23.4. The van der Waals surface area contributed by atoms with Gasteiger partial charge in [-0.15, -0.1) is 12.4 Å². The van der Waals surface area contributed by atoms with Crippen LogP contribution in [0.1, 0.15) is 42.2 Å². The maximum Gasteiger partial charge on any atom is 0.328 e. The molecule has 4 rings (SSSR count). The Morgan fingerprint density at radius 2 is 1.45 bits per heavy atom. The van der Waals surface area contributed by atoms with Crippen LogP contribution < -0.4 is 10.6 Å². The smallest absolute Gasteiger partial charge is 0.328 e. The first kappa shape index (κ1) is 46.0. The number of benzene rings is 3. The minimum absolute atomic E-state index is 0. The molecule has 0 aliphatic carbocycles. The van der Waals surface area contributed by atoms with E-state index < -0.39 is 18.0 Å². The van der Waals surface area contributed by atoms with Gasteiger partial charge in [-0.2, -0.15) is 0 Å². The maximum atomic E-state index is 10.5. The van der Waals surface area contributed by atoms with Crippen molar-refractivity contribution < 1.29 is 39.9 Å². The molecule has 2 atom stereocenters. The number of carboxylic acids is 2. The SMILES string of the molecule is CC(=O)Nc1ccc(O)cc1.CN(C)CCC(c1ccc(Cl)cc1)c1ccccn1.CNC[C@H](O)c1cccc(O)c1.Cl.O=C(O)/C=C\C(=O)O. The van der Waals surface area contributed by atoms with Crippen molar-refractivity contribution in [2.45, 2.75) is 25.4 Å². The molecule has 0 saturated carbocycles. The zero-order valence-electron chi connectivity index (χ0n) is 28.8. The Labute approximate surface area is 309 Å². The lowest BCUT2D eigenvalue weighted by molar-refractivity contribution is -0.134. The van der Waals surface area contributed by atoms with Crippen molar-refractivity contribution in [2.75, 3.05) is 39.5 Å². The number of anilines is 1. The second-order valence-corrected chi connectivity index (χ2v) is 11.3. The minimum atomic E-state index is -1.26. The Bertz CT molecular complexity index is 1590. The van der Waals surface area contributed by atoms with Crippen LogP contribution in [0.5, 0.6) is 11.5 Å². The van der Waals surface area contributed by atoms with Gasteiger partial charge in [-0.25, -0.2) is 9.59 Å². The van der Waals surface area contributed by atoms with Gasteiger partial charge in [0, 0.05) is 54.1 Å². The number of hydrogen-bond donors (Lipinski definition) is 7. The number of phenolic OH excluding ortho intramolecular Hbond substituents is 2. The number of pyridine rings is 1. The van der Waals surface area contributed by atoms with Gasteiger partial charge in [0.15, 0.2) is 0 Å². The molecular weight excluding hydrogens is 699 g/mol. The summed E-state index contributed by atoms with van der Waals surface area (Å²) in [6.07, 6.45) is 3.46. The van der Waals surface area contributed by atoms with Crippen LogP contribution in [0.25, 0.3) is 0 Å². The standard InChI is InChI=1S/C16H19ClN2.C9H13NO2.C8H9NO2.C4H4O4.ClH/c1-19(2)12-10-15(16-5-3-4-11-18-16)13-6-8-14(17)9-7-13;1-10-6-9(12)7-3-2-4-8(11)5-7;1-6(10)9-7-2-4-8(11)5-3-7;5-3(6)1-2-4(7)8;/h3-9,11,15H,10,12H2,1-2H3;2-5,9-12H,6H2,1H3;2-5,11H,1H3,(H,9,10);1-2H,(H,5,6)(H,7,8);1H/b;;;2-1-;/t;9-;;;/m.0.../s1. The van der Waals surface area contributed by atoms with Gasteiger partial charge in [0.2, 0.25) is 5.91 Å². The lowest BCUT2D eigenvalue weighted by Gasteiger charge is -2.19. The van der Waals surface area contributed by atoms with Crippen molar-refractivity contribution in [2.24, 2.45) is 0 Å². The second-order valence-electron chi connectivity index (χ2n) is 10.9. The minimum Gasteiger partial charge on any atom is -0.508 e. The van der Waals surface area contributed by atoms with Gasteiger partial charge in [0.25, 0.3) is 0 Å². The van der Waals surface area contributed by atoms with Crippen LogP contribution in [0, 0.1) is 0 Å². The number of carbonyl (C=O) groups is 3. The molecule has 14 heteroatoms. The molecule has 7 N–H and O–H groups in total. The molecule has 1 unspecified atom stereocenters. The normalized spacial score (nSPS) is 11.2. The van der Waals surface area contributed by atoms with Gasteiger partial charge in [0.1, 0.15) is 11.5 Å². The molecule has 0 spiro atoms. The number of amides is 1. The highest BCUT2D eigenvalue weighted by atomic mass is 35.5. The first-order valence-corrected chi connectivity index (χ1v) is 15.7. The van der Waals surface area contributed by atoms with Crippen molar-refractivity contribution in [1.82, 2.24) is 15.2 Å². The molecule has 51 heavy (non-hydrogen) atoms. The first-order valence-electron chi connectivity index (χ1n) is 15.3. The largest absolute Gasteiger partial charge is 0.508 e. The summed E-state index contributed by atoms with van der Waals surface area (Å²) in [5.74, 6) is -1.93. The number of nitrogens with zero attached hydrogens (tertiary/aromatic N) is 2. The van der Waals surface area contributed by atoms with Crippen LogP contribution in [0.4, 0.5) is 5.69 Å². The van der Waals surface area contributed by atoms with Crippen LogP contribution in [0.15, 0.2) is 109 Å². The fraction of sp³-hybridized carbons (Fsp3) is 0.243. The van der Waals surface area contributed by atoms with Crippen molar-refractivity contribution in [3.63, 3.8) is 0 Å². The molecular formula is C37H46Cl2N4O8. The van der Waals surface area contributed by atoms with Gasteiger partial charge in [-0.1, -0.05) is 41.9 Å². The summed E-state index contributed by atoms with van der Waals surface area (Å²) in [7, 11) is 5.96. The number of hydrogen-bond acceptors (Lipinski definition) is 9. The van der Waals surface area contributed by atoms with E-state index in [0.717, 1.165) is 29.2 Å². The highest BCUT2D eigenvalue weighted by Crippen LogP contribution is 2.27. The quantitative estimate of drug-likeness (QED) is 0.0709. The molecule has 3 aromatic carbocycles. The van der Waals surface area contributed by atoms with Crippen LogP contribution in [-0.2, 0) is 14.4 Å². The molecule has 0 fully saturated rings. The first-order chi connectivity index (χ1) is 23.7. The van der Waals surface area contributed by atoms with E-state index >= 15 is 0 Å². The Balaban J connectivity index is 0.000000685. The number of likely N-dealkylation sites (N-methyl/N-ethyl adjacent to an activating group) is 1. The molecule has 4 aromatic rings. The van der Waals surface area contributed by atoms with Gasteiger partial charge in [-0.3, -0.25) is 9.78 Å². The van der Waals surface area contributed by atoms with Crippen molar-refractivity contribution in [1.29, 1.82) is 0 Å². The summed E-state index contributed by atoms with van der Waals surface area (Å²) >= 11 is 5.97. The average molecular weight is 746 g/mol. The number of aliphatic hydroxyl groups is 1. The fourth-order valence-electron chi connectivity index (χ4n) is 4.08. The van der Waals surface area contributed by atoms with Crippen LogP contribution in [0.2, 0.25) is 5.02 Å². The molecule has 0 saturated heterocycles. The van der Waals surface area contributed by atoms with Crippen molar-refractivity contribution in [3.8, 4) is 11.5 Å². The number of aliphatic hydroxyl groups excluding tert-OH is 1. The summed E-state index contributed by atoms with van der Waals surface area (Å²) in [6, 6.07) is 27.1. The number of halogens is 2. The van der Waals surface area contributed by atoms with E-state index in [2.05, 4.69) is 52.8 Å². The van der Waals surface area contributed by atoms with E-state index in [1.807, 2.05) is 30.5 Å². The maximum absolute atomic E-state index is 10.5. The monoisotopic (exact) mass is 744 g/mol. The third kappa shape index (κ3) is 21.7. The Morgan fingerprint density at radius 3 is 1.92 bits per heavy atom. The van der Waals surface area contributed by atoms with E-state index in [0.29, 0.717) is 30.3 Å². The third-order valence-corrected chi connectivity index (χ3v) is 6.64. The highest BCUT2D eigenvalue weighted by Gasteiger charge is 2.15. The number of nitrogens with one attached hydrogen (secondary N) is 2. The van der Waals surface area contributed by atoms with Crippen molar-refractivity contribution in [3.05, 3.63) is 131 Å². The number of aromatic nitrogens is 1. The topological polar surface area (TPSA) is 193 Å². The molecule has 276 valence electrons. The number of carbonyl (C=O) groups excluding carboxylic acids is 1. The number of rotatable bonds is 11. The average Bonchev–Trinajstić information content (AvgIpc) is 3.07. The molecule has 0 radical (unpaired) electrons. The van der Waals surface area contributed by atoms with Gasteiger partial charge < -0.3 is 41.1 Å². The molecule has 12 nitrogen and oxygen atoms in total. The zero-order chi connectivity index (χ0) is 37.5. The van der Waals surface area contributed by atoms with Gasteiger partial charge >= 0.3 is 11.9 Å². The zero-order valence-corrected chi connectivity index (χ0v) is 30.4. The highest BCUT2D eigenvalue weighted by molar-refractivity contribution is 6.30. The predicted octanol–water partition coefficient (Wildman–Crippen LogP) is 5.95. The Morgan fingerprint density at radius 1 is 0.843 bits per heavy atom. The van der Waals surface area contributed by atoms with Gasteiger partial charge in [-0.05, 0) is 106 Å². The second kappa shape index (κ2) is 25.9. The van der Waals surface area contributed by atoms with Gasteiger partial charge in [0.05, 0.1) is 6.10 Å². The molecule has 0 aliphatic rings. The van der Waals surface area contributed by atoms with Crippen LogP contribution in [0.3, 0.4) is 0 Å². The third-order valence-electron chi connectivity index (χ3n) is 6.39. The van der Waals surface area contributed by atoms with Crippen LogP contribution in [-0.4, -0.2) is 87.5 Å². The molecule has 1 aromatic heterocycles. The number of phenols is 2. The number of aliphatic carboxylic acids is 2. The van der Waals surface area contributed by atoms with Crippen molar-refractivity contribution >= 4 is 47.5 Å². The van der Waals surface area contributed by atoms with E-state index in [1.165, 1.54) is 24.6 Å². The number of carboxylic acid groups (broad SMARTS) is 2. The fourth-order valence-corrected chi connectivity index (χ4v) is 4.21. The molecule has 1 amide bonds. The summed E-state index contributed by atoms with van der Waals surface area (Å²) in [5.41, 5.74) is 3.80. The Hall–Kier alpha value is -4.98. The molecule has 0 aliphatic heterocycles. The summed E-state index contributed by atoms with van der Waals surface area (Å²) < 4.78 is 0. The lowest BCUT2D eigenvalue weighted by Crippen LogP contribution is -2.17. The molecule has 1 heterocycles. The van der Waals surface area contributed by atoms with E-state index in [1.54, 1.807) is 43.4 Å². The predicted molar refractivity (Wildman–Crippen MR) is 202 cm³/mol. The lowest BCUT2D eigenvalue weighted by atomic mass is 9.92. The van der Waals surface area contributed by atoms with E-state index in [-0.39, 0.29) is 29.8 Å². The number of aromatic hydroxyl groups is 2. The molecule has 0 bridgehead atoms. The van der Waals surface area contributed by atoms with Crippen LogP contribution >= 0.6 is 24.0 Å². The van der Waals surface area contributed by atoms with E-state index in [9.17, 15) is 19.5 Å². The summed E-state index contributed by atoms with van der Waals surface area (Å²) in [6.45, 7) is 2.96. The summed E-state index contributed by atoms with van der Waals surface area (Å²) in [4.78, 5) is 36.3. The van der Waals surface area contributed by atoms with E-state index in [4.69, 9.17) is 32.0 Å².